The minimum Gasteiger partial charge on any atom is -0.385 e. The first-order valence-electron chi connectivity index (χ1n) is 10.9. The van der Waals surface area contributed by atoms with Crippen LogP contribution in [0.25, 0.3) is 10.1 Å². The minimum atomic E-state index is -4.42. The van der Waals surface area contributed by atoms with E-state index < -0.39 is 11.7 Å². The molecule has 0 bridgehead atoms. The second-order valence-corrected chi connectivity index (χ2v) is 9.51. The first kappa shape index (κ1) is 27.5. The summed E-state index contributed by atoms with van der Waals surface area (Å²) >= 11 is 1.60. The van der Waals surface area contributed by atoms with Crippen LogP contribution in [0.15, 0.2) is 47.5 Å². The molecule has 3 aromatic rings. The number of hydrogen-bond acceptors (Lipinski definition) is 6. The fraction of sp³-hybridized carbons (Fsp3) is 0.375. The van der Waals surface area contributed by atoms with E-state index in [9.17, 15) is 13.2 Å². The van der Waals surface area contributed by atoms with Crippen LogP contribution in [0.5, 0.6) is 0 Å². The summed E-state index contributed by atoms with van der Waals surface area (Å²) in [6.45, 7) is 2.97. The third-order valence-electron chi connectivity index (χ3n) is 6.35. The van der Waals surface area contributed by atoms with Crippen molar-refractivity contribution in [2.75, 3.05) is 45.7 Å². The van der Waals surface area contributed by atoms with Gasteiger partial charge in [0.1, 0.15) is 10.8 Å². The fourth-order valence-corrected chi connectivity index (χ4v) is 5.60. The largest absolute Gasteiger partial charge is 0.416 e. The van der Waals surface area contributed by atoms with Crippen LogP contribution in [-0.2, 0) is 10.9 Å². The second kappa shape index (κ2) is 10.9. The molecule has 5 rings (SSSR count). The van der Waals surface area contributed by atoms with Crippen molar-refractivity contribution in [1.29, 1.82) is 0 Å². The predicted molar refractivity (Wildman–Crippen MR) is 142 cm³/mol. The lowest BCUT2D eigenvalue weighted by Crippen LogP contribution is -2.53. The van der Waals surface area contributed by atoms with Crippen molar-refractivity contribution in [3.8, 4) is 0 Å². The number of nitrogens with zero attached hydrogens (tertiary/aromatic N) is 3. The molecule has 1 saturated heterocycles. The average molecular weight is 547 g/mol. The van der Waals surface area contributed by atoms with Crippen LogP contribution in [-0.4, -0.2) is 62.1 Å². The van der Waals surface area contributed by atoms with Gasteiger partial charge in [0.25, 0.3) is 0 Å². The Labute approximate surface area is 218 Å². The van der Waals surface area contributed by atoms with E-state index in [1.54, 1.807) is 18.4 Å². The Morgan fingerprint density at radius 2 is 1.91 bits per heavy atom. The quantitative estimate of drug-likeness (QED) is 0.404. The molecule has 0 amide bonds. The van der Waals surface area contributed by atoms with E-state index in [1.807, 2.05) is 12.1 Å². The Morgan fingerprint density at radius 1 is 1.14 bits per heavy atom. The van der Waals surface area contributed by atoms with Gasteiger partial charge in [-0.3, -0.25) is 4.90 Å². The smallest absolute Gasteiger partial charge is 0.385 e. The molecule has 35 heavy (non-hydrogen) atoms. The van der Waals surface area contributed by atoms with Gasteiger partial charge >= 0.3 is 6.18 Å². The lowest BCUT2D eigenvalue weighted by molar-refractivity contribution is -0.137. The summed E-state index contributed by atoms with van der Waals surface area (Å²) in [7, 11) is 3.80. The SMILES string of the molecule is COCC[C@H]1CN(C2=Nc3cc(C(F)(F)F)ccc3Nc3sc4ccccc4c32)CCN1C.Cl.Cl. The van der Waals surface area contributed by atoms with Crippen LogP contribution in [0.4, 0.5) is 29.5 Å². The summed E-state index contributed by atoms with van der Waals surface area (Å²) in [6.07, 6.45) is -3.55. The zero-order valence-corrected chi connectivity index (χ0v) is 21.7. The molecule has 11 heteroatoms. The van der Waals surface area contributed by atoms with Crippen molar-refractivity contribution >= 4 is 68.4 Å². The summed E-state index contributed by atoms with van der Waals surface area (Å²) in [6, 6.07) is 12.1. The number of halogens is 5. The van der Waals surface area contributed by atoms with E-state index in [1.165, 1.54) is 6.07 Å². The number of piperazine rings is 1. The maximum atomic E-state index is 13.4. The Morgan fingerprint density at radius 3 is 2.66 bits per heavy atom. The van der Waals surface area contributed by atoms with Gasteiger partial charge in [0.05, 0.1) is 22.5 Å². The number of likely N-dealkylation sites (N-methyl/N-ethyl adjacent to an activating group) is 1. The highest BCUT2D eigenvalue weighted by atomic mass is 35.5. The highest BCUT2D eigenvalue weighted by molar-refractivity contribution is 7.23. The Hall–Kier alpha value is -2.04. The van der Waals surface area contributed by atoms with Crippen LogP contribution in [0.1, 0.15) is 17.5 Å². The van der Waals surface area contributed by atoms with Gasteiger partial charge in [-0.05, 0) is 37.7 Å². The molecule has 0 saturated carbocycles. The molecule has 2 aliphatic rings. The number of benzene rings is 2. The second-order valence-electron chi connectivity index (χ2n) is 8.45. The van der Waals surface area contributed by atoms with Gasteiger partial charge < -0.3 is 15.0 Å². The van der Waals surface area contributed by atoms with E-state index in [-0.39, 0.29) is 30.9 Å². The predicted octanol–water partition coefficient (Wildman–Crippen LogP) is 6.55. The lowest BCUT2D eigenvalue weighted by atomic mass is 10.1. The maximum Gasteiger partial charge on any atom is 0.416 e. The third-order valence-corrected chi connectivity index (χ3v) is 7.44. The minimum absolute atomic E-state index is 0. The molecule has 2 aliphatic heterocycles. The number of rotatable bonds is 3. The first-order valence-corrected chi connectivity index (χ1v) is 11.7. The number of amidine groups is 1. The number of anilines is 2. The van der Waals surface area contributed by atoms with E-state index in [2.05, 4.69) is 34.3 Å². The normalized spacial score (nSPS) is 17.9. The summed E-state index contributed by atoms with van der Waals surface area (Å²) in [4.78, 5) is 9.41. The standard InChI is InChI=1S/C24H25F3N4OS.2ClH/c1-30-10-11-31(14-16(30)9-12-32-2)22-21-17-5-3-4-6-20(17)33-23(21)29-18-8-7-15(24(25,26)27)13-19(18)28-22;;/h3-8,13,16,29H,9-12,14H2,1-2H3;2*1H/t16-;;/m0../s1. The number of ether oxygens (including phenoxy) is 1. The molecule has 1 N–H and O–H groups in total. The molecule has 1 atom stereocenters. The number of thiophene rings is 1. The Balaban J connectivity index is 0.00000171. The number of nitrogens with one attached hydrogen (secondary N) is 1. The maximum absolute atomic E-state index is 13.4. The monoisotopic (exact) mass is 546 g/mol. The molecule has 1 aromatic heterocycles. The average Bonchev–Trinajstić information content (AvgIpc) is 3.06. The summed E-state index contributed by atoms with van der Waals surface area (Å²) in [5.74, 6) is 0.726. The molecule has 190 valence electrons. The van der Waals surface area contributed by atoms with E-state index in [0.29, 0.717) is 18.0 Å². The van der Waals surface area contributed by atoms with E-state index in [0.717, 1.165) is 64.7 Å². The zero-order chi connectivity index (χ0) is 23.2. The molecule has 5 nitrogen and oxygen atoms in total. The summed E-state index contributed by atoms with van der Waals surface area (Å²) in [5, 5.41) is 5.33. The molecule has 0 radical (unpaired) electrons. The molecular weight excluding hydrogens is 520 g/mol. The molecule has 3 heterocycles. The fourth-order valence-electron chi connectivity index (χ4n) is 4.49. The molecule has 1 fully saturated rings. The van der Waals surface area contributed by atoms with Crippen molar-refractivity contribution in [1.82, 2.24) is 9.80 Å². The van der Waals surface area contributed by atoms with Gasteiger partial charge in [0.2, 0.25) is 0 Å². The van der Waals surface area contributed by atoms with Gasteiger partial charge in [-0.15, -0.1) is 36.2 Å². The van der Waals surface area contributed by atoms with Crippen LogP contribution in [0, 0.1) is 0 Å². The van der Waals surface area contributed by atoms with Gasteiger partial charge in [0.15, 0.2) is 0 Å². The van der Waals surface area contributed by atoms with Crippen molar-refractivity contribution in [2.24, 2.45) is 4.99 Å². The Bertz CT molecular complexity index is 1220. The number of hydrogen-bond donors (Lipinski definition) is 1. The number of methoxy groups -OCH3 is 1. The zero-order valence-electron chi connectivity index (χ0n) is 19.3. The number of fused-ring (bicyclic) bond motifs is 4. The van der Waals surface area contributed by atoms with E-state index >= 15 is 0 Å². The van der Waals surface area contributed by atoms with Crippen molar-refractivity contribution in [3.63, 3.8) is 0 Å². The van der Waals surface area contributed by atoms with Gasteiger partial charge in [-0.2, -0.15) is 13.2 Å². The van der Waals surface area contributed by atoms with Gasteiger partial charge in [-0.1, -0.05) is 18.2 Å². The molecular formula is C24H27Cl2F3N4OS. The topological polar surface area (TPSA) is 40.1 Å². The van der Waals surface area contributed by atoms with Gasteiger partial charge in [-0.25, -0.2) is 4.99 Å². The molecule has 0 unspecified atom stereocenters. The highest BCUT2D eigenvalue weighted by Crippen LogP contribution is 2.45. The van der Waals surface area contributed by atoms with Crippen LogP contribution >= 0.6 is 36.2 Å². The van der Waals surface area contributed by atoms with Crippen molar-refractivity contribution < 1.29 is 17.9 Å². The third kappa shape index (κ3) is 5.39. The summed E-state index contributed by atoms with van der Waals surface area (Å²) in [5.41, 5.74) is 1.14. The molecule has 0 aliphatic carbocycles. The van der Waals surface area contributed by atoms with Gasteiger partial charge in [0, 0.05) is 49.5 Å². The number of alkyl halides is 3. The summed E-state index contributed by atoms with van der Waals surface area (Å²) < 4.78 is 46.7. The van der Waals surface area contributed by atoms with Crippen LogP contribution in [0.2, 0.25) is 0 Å². The van der Waals surface area contributed by atoms with Crippen molar-refractivity contribution in [2.45, 2.75) is 18.6 Å². The lowest BCUT2D eigenvalue weighted by Gasteiger charge is -2.41. The molecule has 0 spiro atoms. The van der Waals surface area contributed by atoms with Crippen LogP contribution in [0.3, 0.4) is 0 Å². The highest BCUT2D eigenvalue weighted by Gasteiger charge is 2.34. The van der Waals surface area contributed by atoms with Crippen molar-refractivity contribution in [3.05, 3.63) is 53.6 Å². The molecule has 2 aromatic carbocycles. The van der Waals surface area contributed by atoms with E-state index in [4.69, 9.17) is 9.73 Å². The Kier molecular flexibility index (Phi) is 8.60. The van der Waals surface area contributed by atoms with Crippen LogP contribution < -0.4 is 5.32 Å². The number of aliphatic imine (C=N–C) groups is 1. The first-order chi connectivity index (χ1) is 15.8.